The normalized spacial score (nSPS) is 11.2. The van der Waals surface area contributed by atoms with Crippen LogP contribution in [0.5, 0.6) is 0 Å². The van der Waals surface area contributed by atoms with Gasteiger partial charge in [-0.05, 0) is 47.4 Å². The lowest BCUT2D eigenvalue weighted by atomic mass is 10.0. The molecule has 37 heavy (non-hydrogen) atoms. The van der Waals surface area contributed by atoms with Crippen LogP contribution >= 0.6 is 11.8 Å². The number of fused-ring (bicyclic) bond motifs is 1. The maximum Gasteiger partial charge on any atom is 0.266 e. The number of thioether (sulfide) groups is 1. The molecular formula is C30H24N4O2S. The fourth-order valence-electron chi connectivity index (χ4n) is 3.97. The molecule has 0 unspecified atom stereocenters. The van der Waals surface area contributed by atoms with Gasteiger partial charge in [-0.2, -0.15) is 5.10 Å². The van der Waals surface area contributed by atoms with Crippen molar-refractivity contribution in [2.75, 3.05) is 5.75 Å². The first-order valence-electron chi connectivity index (χ1n) is 11.8. The lowest BCUT2D eigenvalue weighted by Crippen LogP contribution is -2.24. The first-order chi connectivity index (χ1) is 18.1. The highest BCUT2D eigenvalue weighted by atomic mass is 32.2. The van der Waals surface area contributed by atoms with Crippen molar-refractivity contribution in [3.05, 3.63) is 125 Å². The van der Waals surface area contributed by atoms with Gasteiger partial charge in [-0.1, -0.05) is 96.7 Å². The molecule has 0 aliphatic heterocycles. The zero-order chi connectivity index (χ0) is 25.6. The second-order valence-corrected chi connectivity index (χ2v) is 9.35. The molecule has 0 aliphatic rings. The molecule has 0 atom stereocenters. The van der Waals surface area contributed by atoms with Gasteiger partial charge in [0.05, 0.1) is 28.6 Å². The minimum atomic E-state index is -0.291. The Morgan fingerprint density at radius 1 is 0.892 bits per heavy atom. The first-order valence-corrected chi connectivity index (χ1v) is 12.8. The van der Waals surface area contributed by atoms with Gasteiger partial charge < -0.3 is 0 Å². The minimum absolute atomic E-state index is 0.0565. The van der Waals surface area contributed by atoms with Crippen molar-refractivity contribution < 1.29 is 4.79 Å². The van der Waals surface area contributed by atoms with Gasteiger partial charge in [0.25, 0.3) is 11.5 Å². The zero-order valence-electron chi connectivity index (χ0n) is 20.2. The Hall–Kier alpha value is -4.49. The van der Waals surface area contributed by atoms with Crippen molar-refractivity contribution in [3.8, 4) is 16.8 Å². The highest BCUT2D eigenvalue weighted by Crippen LogP contribution is 2.23. The second kappa shape index (κ2) is 11.1. The molecule has 5 rings (SSSR count). The van der Waals surface area contributed by atoms with Gasteiger partial charge >= 0.3 is 0 Å². The van der Waals surface area contributed by atoms with Crippen LogP contribution in [0.15, 0.2) is 118 Å². The van der Waals surface area contributed by atoms with Crippen molar-refractivity contribution in [3.63, 3.8) is 0 Å². The molecule has 0 radical (unpaired) electrons. The van der Waals surface area contributed by atoms with E-state index in [4.69, 9.17) is 4.98 Å². The smallest absolute Gasteiger partial charge is 0.266 e. The van der Waals surface area contributed by atoms with Crippen molar-refractivity contribution in [1.29, 1.82) is 0 Å². The third-order valence-electron chi connectivity index (χ3n) is 5.85. The third kappa shape index (κ3) is 5.52. The maximum atomic E-state index is 13.4. The molecule has 0 bridgehead atoms. The number of benzene rings is 4. The SMILES string of the molecule is Cc1ccccc1-n1c(SCC(=O)NN=Cc2ccc(-c3ccccc3)cc2)nc2ccccc2c1=O. The number of hydrogen-bond acceptors (Lipinski definition) is 5. The van der Waals surface area contributed by atoms with Gasteiger partial charge in [-0.3, -0.25) is 14.2 Å². The van der Waals surface area contributed by atoms with Crippen molar-refractivity contribution >= 4 is 34.8 Å². The van der Waals surface area contributed by atoms with Crippen LogP contribution in [-0.4, -0.2) is 27.4 Å². The highest BCUT2D eigenvalue weighted by Gasteiger charge is 2.15. The van der Waals surface area contributed by atoms with Gasteiger partial charge in [-0.25, -0.2) is 10.4 Å². The first kappa shape index (κ1) is 24.2. The van der Waals surface area contributed by atoms with Crippen LogP contribution in [0.3, 0.4) is 0 Å². The molecule has 5 aromatic rings. The highest BCUT2D eigenvalue weighted by molar-refractivity contribution is 7.99. The number of aromatic nitrogens is 2. The number of hydrazone groups is 1. The van der Waals surface area contributed by atoms with Gasteiger partial charge in [0.2, 0.25) is 0 Å². The Balaban J connectivity index is 1.30. The lowest BCUT2D eigenvalue weighted by molar-refractivity contribution is -0.118. The summed E-state index contributed by atoms with van der Waals surface area (Å²) in [5, 5.41) is 5.07. The van der Waals surface area contributed by atoms with Crippen LogP contribution in [0.1, 0.15) is 11.1 Å². The third-order valence-corrected chi connectivity index (χ3v) is 6.79. The van der Waals surface area contributed by atoms with E-state index >= 15 is 0 Å². The Bertz CT molecular complexity index is 1640. The molecule has 1 amide bonds. The standard InChI is InChI=1S/C30H24N4O2S/c1-21-9-5-8-14-27(21)34-29(36)25-12-6-7-13-26(25)32-30(34)37-20-28(35)33-31-19-22-15-17-24(18-16-22)23-10-3-2-4-11-23/h2-19H,20H2,1H3,(H,33,35). The van der Waals surface area contributed by atoms with Crippen molar-refractivity contribution in [2.24, 2.45) is 5.10 Å². The van der Waals surface area contributed by atoms with Crippen LogP contribution in [0.4, 0.5) is 0 Å². The van der Waals surface area contributed by atoms with E-state index < -0.39 is 0 Å². The number of carbonyl (C=O) groups is 1. The van der Waals surface area contributed by atoms with Gasteiger partial charge in [0, 0.05) is 0 Å². The number of amides is 1. The molecule has 4 aromatic carbocycles. The van der Waals surface area contributed by atoms with E-state index in [1.54, 1.807) is 22.9 Å². The van der Waals surface area contributed by atoms with Crippen LogP contribution in [0.2, 0.25) is 0 Å². The Morgan fingerprint density at radius 3 is 2.35 bits per heavy atom. The largest absolute Gasteiger partial charge is 0.272 e. The monoisotopic (exact) mass is 504 g/mol. The number of hydrogen-bond donors (Lipinski definition) is 1. The van der Waals surface area contributed by atoms with E-state index in [1.165, 1.54) is 11.8 Å². The predicted molar refractivity (Wildman–Crippen MR) is 150 cm³/mol. The summed E-state index contributed by atoms with van der Waals surface area (Å²) >= 11 is 1.20. The molecule has 1 aromatic heterocycles. The Labute approximate surface area is 218 Å². The molecule has 0 saturated heterocycles. The second-order valence-electron chi connectivity index (χ2n) is 8.41. The van der Waals surface area contributed by atoms with E-state index in [0.29, 0.717) is 16.1 Å². The van der Waals surface area contributed by atoms with Crippen LogP contribution < -0.4 is 11.0 Å². The zero-order valence-corrected chi connectivity index (χ0v) is 21.0. The fourth-order valence-corrected chi connectivity index (χ4v) is 4.77. The maximum absolute atomic E-state index is 13.4. The number of para-hydroxylation sites is 2. The fraction of sp³-hybridized carbons (Fsp3) is 0.0667. The topological polar surface area (TPSA) is 76.3 Å². The minimum Gasteiger partial charge on any atom is -0.272 e. The molecule has 182 valence electrons. The van der Waals surface area contributed by atoms with E-state index in [1.807, 2.05) is 85.8 Å². The average molecular weight is 505 g/mol. The molecule has 6 nitrogen and oxygen atoms in total. The number of rotatable bonds is 7. The predicted octanol–water partition coefficient (Wildman–Crippen LogP) is 5.60. The molecule has 1 heterocycles. The number of nitrogens with zero attached hydrogens (tertiary/aromatic N) is 3. The van der Waals surface area contributed by atoms with Gasteiger partial charge in [-0.15, -0.1) is 0 Å². The summed E-state index contributed by atoms with van der Waals surface area (Å²) < 4.78 is 1.58. The lowest BCUT2D eigenvalue weighted by Gasteiger charge is -2.14. The summed E-state index contributed by atoms with van der Waals surface area (Å²) in [6, 6.07) is 32.9. The summed E-state index contributed by atoms with van der Waals surface area (Å²) in [6.07, 6.45) is 1.61. The summed E-state index contributed by atoms with van der Waals surface area (Å²) in [4.78, 5) is 30.6. The molecular weight excluding hydrogens is 480 g/mol. The van der Waals surface area contributed by atoms with E-state index in [9.17, 15) is 9.59 Å². The summed E-state index contributed by atoms with van der Waals surface area (Å²) in [5.41, 5.74) is 7.80. The Kier molecular flexibility index (Phi) is 7.23. The average Bonchev–Trinajstić information content (AvgIpc) is 2.93. The molecule has 7 heteroatoms. The molecule has 0 aliphatic carbocycles. The number of aryl methyl sites for hydroxylation is 1. The van der Waals surface area contributed by atoms with Gasteiger partial charge in [0.15, 0.2) is 5.16 Å². The molecule has 0 spiro atoms. The molecule has 0 fully saturated rings. The number of carbonyl (C=O) groups excluding carboxylic acids is 1. The summed E-state index contributed by atoms with van der Waals surface area (Å²) in [5.74, 6) is -0.234. The van der Waals surface area contributed by atoms with Crippen LogP contribution in [0, 0.1) is 6.92 Å². The molecule has 0 saturated carbocycles. The van der Waals surface area contributed by atoms with E-state index in [-0.39, 0.29) is 17.2 Å². The van der Waals surface area contributed by atoms with Crippen LogP contribution in [0.25, 0.3) is 27.7 Å². The summed E-state index contributed by atoms with van der Waals surface area (Å²) in [6.45, 7) is 1.94. The van der Waals surface area contributed by atoms with Crippen molar-refractivity contribution in [1.82, 2.24) is 15.0 Å². The summed E-state index contributed by atoms with van der Waals surface area (Å²) in [7, 11) is 0. The quantitative estimate of drug-likeness (QED) is 0.135. The Morgan fingerprint density at radius 2 is 1.57 bits per heavy atom. The van der Waals surface area contributed by atoms with E-state index in [2.05, 4.69) is 22.7 Å². The van der Waals surface area contributed by atoms with E-state index in [0.717, 1.165) is 27.9 Å². The van der Waals surface area contributed by atoms with Crippen molar-refractivity contribution in [2.45, 2.75) is 12.1 Å². The van der Waals surface area contributed by atoms with Gasteiger partial charge in [0.1, 0.15) is 0 Å². The van der Waals surface area contributed by atoms with Crippen LogP contribution in [-0.2, 0) is 4.79 Å². The molecule has 1 N–H and O–H groups in total. The number of nitrogens with one attached hydrogen (secondary N) is 1.